The smallest absolute Gasteiger partial charge is 0.264 e. The van der Waals surface area contributed by atoms with Gasteiger partial charge in [0.2, 0.25) is 11.8 Å². The molecule has 0 fully saturated rings. The van der Waals surface area contributed by atoms with Crippen LogP contribution in [0.2, 0.25) is 5.02 Å². The number of anilines is 1. The van der Waals surface area contributed by atoms with Crippen LogP contribution in [0.3, 0.4) is 0 Å². The van der Waals surface area contributed by atoms with Gasteiger partial charge in [-0.05, 0) is 55.2 Å². The van der Waals surface area contributed by atoms with Gasteiger partial charge in [-0.3, -0.25) is 13.9 Å². The van der Waals surface area contributed by atoms with Crippen molar-refractivity contribution >= 4 is 39.1 Å². The Hall–Kier alpha value is -3.56. The SMILES string of the molecule is CC[C@H](C(=O)NCC(C)C)N(Cc1ccc(C)cc1)C(=O)CN(c1cc(Cl)ccc1OC)S(=O)(=O)c1ccccc1. The number of hydrogen-bond acceptors (Lipinski definition) is 5. The highest BCUT2D eigenvalue weighted by atomic mass is 35.5. The van der Waals surface area contributed by atoms with Gasteiger partial charge in [0.1, 0.15) is 18.3 Å². The van der Waals surface area contributed by atoms with E-state index in [0.29, 0.717) is 13.0 Å². The van der Waals surface area contributed by atoms with E-state index in [1.807, 2.05) is 52.0 Å². The van der Waals surface area contributed by atoms with E-state index in [4.69, 9.17) is 16.3 Å². The molecule has 0 aliphatic carbocycles. The predicted octanol–water partition coefficient (Wildman–Crippen LogP) is 5.43. The molecule has 1 N–H and O–H groups in total. The van der Waals surface area contributed by atoms with E-state index in [1.54, 1.807) is 30.3 Å². The molecule has 3 aromatic rings. The maximum atomic E-state index is 14.2. The number of rotatable bonds is 13. The fourth-order valence-electron chi connectivity index (χ4n) is 4.32. The second-order valence-electron chi connectivity index (χ2n) is 10.2. The first-order chi connectivity index (χ1) is 19.5. The van der Waals surface area contributed by atoms with Crippen LogP contribution >= 0.6 is 11.6 Å². The number of sulfonamides is 1. The average Bonchev–Trinajstić information content (AvgIpc) is 2.95. The molecule has 0 saturated heterocycles. The lowest BCUT2D eigenvalue weighted by atomic mass is 10.1. The van der Waals surface area contributed by atoms with Crippen LogP contribution in [0.5, 0.6) is 5.75 Å². The van der Waals surface area contributed by atoms with Gasteiger partial charge < -0.3 is 15.0 Å². The molecule has 41 heavy (non-hydrogen) atoms. The van der Waals surface area contributed by atoms with E-state index < -0.39 is 28.5 Å². The molecule has 0 spiro atoms. The molecule has 0 radical (unpaired) electrons. The van der Waals surface area contributed by atoms with Gasteiger partial charge in [0.05, 0.1) is 17.7 Å². The standard InChI is InChI=1S/C31H38ClN3O5S/c1-6-27(31(37)33-19-22(2)3)34(20-24-14-12-23(4)13-15-24)30(36)21-35(28-18-25(32)16-17-29(28)40-5)41(38,39)26-10-8-7-9-11-26/h7-18,22,27H,6,19-21H2,1-5H3,(H,33,37)/t27-/m1/s1. The molecule has 0 unspecified atom stereocenters. The molecule has 3 aromatic carbocycles. The summed E-state index contributed by atoms with van der Waals surface area (Å²) in [6.45, 7) is 7.77. The predicted molar refractivity (Wildman–Crippen MR) is 163 cm³/mol. The molecule has 8 nitrogen and oxygen atoms in total. The molecule has 0 aliphatic heterocycles. The summed E-state index contributed by atoms with van der Waals surface area (Å²) in [5.41, 5.74) is 1.99. The molecule has 10 heteroatoms. The van der Waals surface area contributed by atoms with Crippen LogP contribution in [0.25, 0.3) is 0 Å². The average molecular weight is 600 g/mol. The number of methoxy groups -OCH3 is 1. The van der Waals surface area contributed by atoms with Crippen LogP contribution < -0.4 is 14.4 Å². The van der Waals surface area contributed by atoms with Gasteiger partial charge in [-0.1, -0.05) is 80.4 Å². The number of carbonyl (C=O) groups is 2. The normalized spacial score (nSPS) is 12.1. The van der Waals surface area contributed by atoms with Crippen molar-refractivity contribution in [3.05, 3.63) is 88.9 Å². The zero-order chi connectivity index (χ0) is 30.2. The van der Waals surface area contributed by atoms with Gasteiger partial charge in [-0.15, -0.1) is 0 Å². The van der Waals surface area contributed by atoms with Gasteiger partial charge in [0.15, 0.2) is 0 Å². The molecule has 2 amide bonds. The third-order valence-electron chi connectivity index (χ3n) is 6.56. The maximum absolute atomic E-state index is 14.2. The lowest BCUT2D eigenvalue weighted by Gasteiger charge is -2.33. The number of ether oxygens (including phenoxy) is 1. The second-order valence-corrected chi connectivity index (χ2v) is 12.5. The first-order valence-electron chi connectivity index (χ1n) is 13.5. The first kappa shape index (κ1) is 32.0. The fraction of sp³-hybridized carbons (Fsp3) is 0.355. The van der Waals surface area contributed by atoms with Crippen molar-refractivity contribution in [2.24, 2.45) is 5.92 Å². The molecule has 3 rings (SSSR count). The third-order valence-corrected chi connectivity index (χ3v) is 8.57. The van der Waals surface area contributed by atoms with Crippen LogP contribution in [0.15, 0.2) is 77.7 Å². The highest BCUT2D eigenvalue weighted by Gasteiger charge is 2.34. The minimum atomic E-state index is -4.24. The highest BCUT2D eigenvalue weighted by molar-refractivity contribution is 7.92. The molecule has 0 aliphatic rings. The maximum Gasteiger partial charge on any atom is 0.264 e. The molecule has 0 bridgehead atoms. The lowest BCUT2D eigenvalue weighted by molar-refractivity contribution is -0.140. The zero-order valence-electron chi connectivity index (χ0n) is 24.1. The summed E-state index contributed by atoms with van der Waals surface area (Å²) >= 11 is 6.28. The van der Waals surface area contributed by atoms with Gasteiger partial charge in [0, 0.05) is 18.1 Å². The Bertz CT molecular complexity index is 1430. The van der Waals surface area contributed by atoms with Crippen LogP contribution in [0.4, 0.5) is 5.69 Å². The van der Waals surface area contributed by atoms with Crippen LogP contribution in [0.1, 0.15) is 38.3 Å². The van der Waals surface area contributed by atoms with Crippen molar-refractivity contribution in [2.75, 3.05) is 24.5 Å². The quantitative estimate of drug-likeness (QED) is 0.283. The van der Waals surface area contributed by atoms with Crippen molar-refractivity contribution < 1.29 is 22.7 Å². The fourth-order valence-corrected chi connectivity index (χ4v) is 5.93. The minimum Gasteiger partial charge on any atom is -0.495 e. The van der Waals surface area contributed by atoms with Crippen LogP contribution in [0, 0.1) is 12.8 Å². The third kappa shape index (κ3) is 8.24. The van der Waals surface area contributed by atoms with Crippen LogP contribution in [-0.2, 0) is 26.2 Å². The Morgan fingerprint density at radius 1 is 1.00 bits per heavy atom. The van der Waals surface area contributed by atoms with E-state index in [9.17, 15) is 18.0 Å². The van der Waals surface area contributed by atoms with E-state index in [2.05, 4.69) is 5.32 Å². The minimum absolute atomic E-state index is 0.00151. The zero-order valence-corrected chi connectivity index (χ0v) is 25.7. The molecule has 220 valence electrons. The van der Waals surface area contributed by atoms with E-state index >= 15 is 0 Å². The first-order valence-corrected chi connectivity index (χ1v) is 15.3. The number of aryl methyl sites for hydroxylation is 1. The molecule has 0 aromatic heterocycles. The number of nitrogens with zero attached hydrogens (tertiary/aromatic N) is 2. The summed E-state index contributed by atoms with van der Waals surface area (Å²) in [6.07, 6.45) is 0.341. The monoisotopic (exact) mass is 599 g/mol. The molecular formula is C31H38ClN3O5S. The molecule has 1 atom stereocenters. The van der Waals surface area contributed by atoms with Crippen molar-refractivity contribution in [1.29, 1.82) is 0 Å². The van der Waals surface area contributed by atoms with Gasteiger partial charge >= 0.3 is 0 Å². The van der Waals surface area contributed by atoms with Gasteiger partial charge in [-0.2, -0.15) is 0 Å². The van der Waals surface area contributed by atoms with Crippen molar-refractivity contribution in [1.82, 2.24) is 10.2 Å². The number of halogens is 1. The largest absolute Gasteiger partial charge is 0.495 e. The highest BCUT2D eigenvalue weighted by Crippen LogP contribution is 2.35. The number of benzene rings is 3. The van der Waals surface area contributed by atoms with Crippen molar-refractivity contribution in [2.45, 2.75) is 51.6 Å². The van der Waals surface area contributed by atoms with Crippen LogP contribution in [-0.4, -0.2) is 51.4 Å². The molecule has 0 heterocycles. The summed E-state index contributed by atoms with van der Waals surface area (Å²) in [4.78, 5) is 28.9. The Morgan fingerprint density at radius 2 is 1.66 bits per heavy atom. The number of nitrogens with one attached hydrogen (secondary N) is 1. The van der Waals surface area contributed by atoms with Gasteiger partial charge in [-0.25, -0.2) is 8.42 Å². The number of amides is 2. The Kier molecular flexibility index (Phi) is 11.2. The van der Waals surface area contributed by atoms with Crippen molar-refractivity contribution in [3.8, 4) is 5.75 Å². The summed E-state index contributed by atoms with van der Waals surface area (Å²) in [6, 6.07) is 19.3. The summed E-state index contributed by atoms with van der Waals surface area (Å²) in [5.74, 6) is -0.383. The van der Waals surface area contributed by atoms with E-state index in [-0.39, 0.29) is 39.7 Å². The van der Waals surface area contributed by atoms with E-state index in [1.165, 1.54) is 30.2 Å². The van der Waals surface area contributed by atoms with Crippen molar-refractivity contribution in [3.63, 3.8) is 0 Å². The number of carbonyl (C=O) groups excluding carboxylic acids is 2. The Morgan fingerprint density at radius 3 is 2.24 bits per heavy atom. The topological polar surface area (TPSA) is 96.0 Å². The lowest BCUT2D eigenvalue weighted by Crippen LogP contribution is -2.52. The Labute approximate surface area is 248 Å². The molecule has 0 saturated carbocycles. The summed E-state index contributed by atoms with van der Waals surface area (Å²) in [7, 11) is -2.82. The van der Waals surface area contributed by atoms with E-state index in [0.717, 1.165) is 15.4 Å². The Balaban J connectivity index is 2.10. The second kappa shape index (κ2) is 14.4. The number of hydrogen-bond donors (Lipinski definition) is 1. The summed E-state index contributed by atoms with van der Waals surface area (Å²) in [5, 5.41) is 3.20. The molecular weight excluding hydrogens is 562 g/mol. The summed E-state index contributed by atoms with van der Waals surface area (Å²) < 4.78 is 34.5. The van der Waals surface area contributed by atoms with Gasteiger partial charge in [0.25, 0.3) is 10.0 Å².